The molecule has 0 spiro atoms. The van der Waals surface area contributed by atoms with E-state index in [-0.39, 0.29) is 5.82 Å². The van der Waals surface area contributed by atoms with Crippen molar-refractivity contribution in [3.63, 3.8) is 0 Å². The van der Waals surface area contributed by atoms with Crippen molar-refractivity contribution in [2.24, 2.45) is 5.16 Å². The zero-order valence-corrected chi connectivity index (χ0v) is 12.4. The quantitative estimate of drug-likeness (QED) is 0.403. The van der Waals surface area contributed by atoms with E-state index < -0.39 is 0 Å². The van der Waals surface area contributed by atoms with Crippen molar-refractivity contribution >= 4 is 5.71 Å². The lowest BCUT2D eigenvalue weighted by atomic mass is 10.1. The maximum absolute atomic E-state index is 14.1. The van der Waals surface area contributed by atoms with Crippen LogP contribution in [0.2, 0.25) is 0 Å². The van der Waals surface area contributed by atoms with Crippen LogP contribution in [0.5, 0.6) is 5.75 Å². The van der Waals surface area contributed by atoms with E-state index in [0.717, 1.165) is 12.0 Å². The Kier molecular flexibility index (Phi) is 6.77. The zero-order valence-electron chi connectivity index (χ0n) is 12.4. The summed E-state index contributed by atoms with van der Waals surface area (Å²) < 4.78 is 19.6. The maximum atomic E-state index is 14.1. The molecule has 4 heteroatoms. The smallest absolute Gasteiger partial charge is 0.136 e. The van der Waals surface area contributed by atoms with Gasteiger partial charge < -0.3 is 9.57 Å². The standard InChI is InChI=1S/C16H22FNO2/c1-5-12(4)11-19-13-8-9-14(15(17)10-13)16(6-2)18-20-7-3/h8-10H,4-7,11H2,1-3H3/b18-16+. The summed E-state index contributed by atoms with van der Waals surface area (Å²) in [6.45, 7) is 10.5. The van der Waals surface area contributed by atoms with Gasteiger partial charge in [-0.3, -0.25) is 0 Å². The van der Waals surface area contributed by atoms with Gasteiger partial charge in [-0.25, -0.2) is 4.39 Å². The van der Waals surface area contributed by atoms with Gasteiger partial charge >= 0.3 is 0 Å². The Balaban J connectivity index is 2.84. The van der Waals surface area contributed by atoms with Crippen molar-refractivity contribution in [2.45, 2.75) is 33.6 Å². The van der Waals surface area contributed by atoms with E-state index >= 15 is 0 Å². The normalized spacial score (nSPS) is 11.3. The van der Waals surface area contributed by atoms with E-state index in [1.807, 2.05) is 20.8 Å². The third kappa shape index (κ3) is 4.68. The van der Waals surface area contributed by atoms with Gasteiger partial charge in [0.05, 0.1) is 5.71 Å². The molecule has 0 fully saturated rings. The summed E-state index contributed by atoms with van der Waals surface area (Å²) in [7, 11) is 0. The SMILES string of the molecule is C=C(CC)COc1ccc(/C(CC)=N/OCC)c(F)c1. The van der Waals surface area contributed by atoms with Gasteiger partial charge in [-0.2, -0.15) is 0 Å². The van der Waals surface area contributed by atoms with Crippen LogP contribution in [0.3, 0.4) is 0 Å². The van der Waals surface area contributed by atoms with Crippen LogP contribution in [0.4, 0.5) is 4.39 Å². The van der Waals surface area contributed by atoms with E-state index in [4.69, 9.17) is 9.57 Å². The molecule has 0 radical (unpaired) electrons. The first kappa shape index (κ1) is 16.2. The highest BCUT2D eigenvalue weighted by Crippen LogP contribution is 2.19. The van der Waals surface area contributed by atoms with Gasteiger partial charge in [0.2, 0.25) is 0 Å². The maximum Gasteiger partial charge on any atom is 0.136 e. The number of benzene rings is 1. The molecule has 0 aliphatic heterocycles. The minimum absolute atomic E-state index is 0.357. The molecule has 1 aromatic rings. The molecule has 20 heavy (non-hydrogen) atoms. The second-order valence-corrected chi connectivity index (χ2v) is 4.34. The highest BCUT2D eigenvalue weighted by molar-refractivity contribution is 6.00. The summed E-state index contributed by atoms with van der Waals surface area (Å²) in [6, 6.07) is 4.77. The minimum atomic E-state index is -0.357. The monoisotopic (exact) mass is 279 g/mol. The first-order chi connectivity index (χ1) is 9.62. The van der Waals surface area contributed by atoms with Crippen molar-refractivity contribution in [3.05, 3.63) is 41.7 Å². The molecular weight excluding hydrogens is 257 g/mol. The van der Waals surface area contributed by atoms with E-state index in [1.54, 1.807) is 12.1 Å². The van der Waals surface area contributed by atoms with Gasteiger partial charge in [0.15, 0.2) is 0 Å². The fraction of sp³-hybridized carbons (Fsp3) is 0.438. The molecule has 0 saturated carbocycles. The van der Waals surface area contributed by atoms with E-state index in [2.05, 4.69) is 11.7 Å². The molecule has 0 amide bonds. The fourth-order valence-corrected chi connectivity index (χ4v) is 1.55. The molecule has 0 N–H and O–H groups in total. The number of rotatable bonds is 8. The average Bonchev–Trinajstić information content (AvgIpc) is 2.46. The molecule has 0 atom stereocenters. The molecule has 3 nitrogen and oxygen atoms in total. The molecule has 0 aromatic heterocycles. The highest BCUT2D eigenvalue weighted by Gasteiger charge is 2.10. The van der Waals surface area contributed by atoms with Gasteiger partial charge in [-0.15, -0.1) is 0 Å². The van der Waals surface area contributed by atoms with Gasteiger partial charge in [0, 0.05) is 11.6 Å². The Labute approximate surface area is 120 Å². The lowest BCUT2D eigenvalue weighted by Crippen LogP contribution is -2.05. The largest absolute Gasteiger partial charge is 0.489 e. The molecule has 0 aliphatic rings. The first-order valence-electron chi connectivity index (χ1n) is 6.90. The minimum Gasteiger partial charge on any atom is -0.489 e. The number of oxime groups is 1. The topological polar surface area (TPSA) is 30.8 Å². The molecule has 1 aromatic carbocycles. The lowest BCUT2D eigenvalue weighted by Gasteiger charge is -2.10. The van der Waals surface area contributed by atoms with Crippen LogP contribution in [0, 0.1) is 5.82 Å². The second kappa shape index (κ2) is 8.35. The summed E-state index contributed by atoms with van der Waals surface area (Å²) in [5, 5.41) is 3.93. The van der Waals surface area contributed by atoms with E-state index in [0.29, 0.717) is 36.7 Å². The van der Waals surface area contributed by atoms with Crippen LogP contribution in [-0.4, -0.2) is 18.9 Å². The van der Waals surface area contributed by atoms with E-state index in [9.17, 15) is 4.39 Å². The number of nitrogens with zero attached hydrogens (tertiary/aromatic N) is 1. The van der Waals surface area contributed by atoms with Crippen molar-refractivity contribution in [1.29, 1.82) is 0 Å². The Morgan fingerprint density at radius 2 is 2.00 bits per heavy atom. The summed E-state index contributed by atoms with van der Waals surface area (Å²) in [5.74, 6) is 0.137. The van der Waals surface area contributed by atoms with Crippen LogP contribution >= 0.6 is 0 Å². The van der Waals surface area contributed by atoms with Gasteiger partial charge in [0.25, 0.3) is 0 Å². The van der Waals surface area contributed by atoms with Crippen LogP contribution in [0.1, 0.15) is 39.2 Å². The zero-order chi connectivity index (χ0) is 15.0. The number of ether oxygens (including phenoxy) is 1. The van der Waals surface area contributed by atoms with Crippen molar-refractivity contribution in [3.8, 4) is 5.75 Å². The third-order valence-corrected chi connectivity index (χ3v) is 2.83. The third-order valence-electron chi connectivity index (χ3n) is 2.83. The van der Waals surface area contributed by atoms with Gasteiger partial charge in [-0.05, 0) is 37.5 Å². The molecule has 1 rings (SSSR count). The average molecular weight is 279 g/mol. The Bertz CT molecular complexity index is 483. The molecule has 0 bridgehead atoms. The summed E-state index contributed by atoms with van der Waals surface area (Å²) in [4.78, 5) is 5.00. The second-order valence-electron chi connectivity index (χ2n) is 4.34. The van der Waals surface area contributed by atoms with Crippen molar-refractivity contribution in [1.82, 2.24) is 0 Å². The fourth-order valence-electron chi connectivity index (χ4n) is 1.55. The van der Waals surface area contributed by atoms with E-state index in [1.165, 1.54) is 6.07 Å². The lowest BCUT2D eigenvalue weighted by molar-refractivity contribution is 0.158. The molecule has 110 valence electrons. The predicted molar refractivity (Wildman–Crippen MR) is 79.8 cm³/mol. The Morgan fingerprint density at radius 1 is 1.25 bits per heavy atom. The molecular formula is C16H22FNO2. The number of halogens is 1. The Morgan fingerprint density at radius 3 is 2.55 bits per heavy atom. The van der Waals surface area contributed by atoms with Crippen molar-refractivity contribution in [2.75, 3.05) is 13.2 Å². The van der Waals surface area contributed by atoms with Crippen LogP contribution in [-0.2, 0) is 4.84 Å². The Hall–Kier alpha value is -1.84. The van der Waals surface area contributed by atoms with Gasteiger partial charge in [0.1, 0.15) is 24.8 Å². The molecule has 0 unspecified atom stereocenters. The summed E-state index contributed by atoms with van der Waals surface area (Å²) in [5.41, 5.74) is 2.01. The predicted octanol–water partition coefficient (Wildman–Crippen LogP) is 4.32. The van der Waals surface area contributed by atoms with Gasteiger partial charge in [-0.1, -0.05) is 25.6 Å². The number of hydrogen-bond donors (Lipinski definition) is 0. The van der Waals surface area contributed by atoms with Crippen LogP contribution in [0.15, 0.2) is 35.5 Å². The highest BCUT2D eigenvalue weighted by atomic mass is 19.1. The number of hydrogen-bond acceptors (Lipinski definition) is 3. The van der Waals surface area contributed by atoms with Crippen LogP contribution in [0.25, 0.3) is 0 Å². The van der Waals surface area contributed by atoms with Crippen molar-refractivity contribution < 1.29 is 14.0 Å². The summed E-state index contributed by atoms with van der Waals surface area (Å²) >= 11 is 0. The first-order valence-corrected chi connectivity index (χ1v) is 6.90. The molecule has 0 heterocycles. The molecule has 0 aliphatic carbocycles. The summed E-state index contributed by atoms with van der Waals surface area (Å²) in [6.07, 6.45) is 1.45. The van der Waals surface area contributed by atoms with Crippen LogP contribution < -0.4 is 4.74 Å². The molecule has 0 saturated heterocycles.